The summed E-state index contributed by atoms with van der Waals surface area (Å²) >= 11 is 0. The van der Waals surface area contributed by atoms with Gasteiger partial charge in [-0.2, -0.15) is 0 Å². The zero-order valence-corrected chi connectivity index (χ0v) is 16.7. The van der Waals surface area contributed by atoms with E-state index < -0.39 is 0 Å². The number of benzene rings is 2. The minimum atomic E-state index is -0.168. The number of carbonyl (C=O) groups is 1. The molecule has 2 aromatic heterocycles. The molecule has 31 heavy (non-hydrogen) atoms. The molecule has 1 N–H and O–H groups in total. The summed E-state index contributed by atoms with van der Waals surface area (Å²) in [5.74, 6) is 1.84. The van der Waals surface area contributed by atoms with Crippen molar-refractivity contribution in [1.29, 1.82) is 0 Å². The molecule has 5 rings (SSSR count). The summed E-state index contributed by atoms with van der Waals surface area (Å²) in [7, 11) is 0. The molecule has 3 heterocycles. The van der Waals surface area contributed by atoms with E-state index in [-0.39, 0.29) is 12.5 Å². The van der Waals surface area contributed by atoms with Crippen LogP contribution in [0.5, 0.6) is 11.5 Å². The van der Waals surface area contributed by atoms with Crippen LogP contribution >= 0.6 is 0 Å². The minimum Gasteiger partial charge on any atom is -0.486 e. The van der Waals surface area contributed by atoms with Crippen LogP contribution < -0.4 is 14.8 Å². The van der Waals surface area contributed by atoms with Crippen LogP contribution in [-0.2, 0) is 13.1 Å². The molecule has 156 valence electrons. The minimum absolute atomic E-state index is 0.168. The standard InChI is InChI=1S/C23H20N4O4/c28-23(17-3-1-16(2-4-17)14-27-8-7-24-15-27)25-13-19-12-21(31-26-19)18-5-6-20-22(11-18)30-10-9-29-20/h1-8,11-12,15H,9-10,13-14H2,(H,25,28). The highest BCUT2D eigenvalue weighted by molar-refractivity contribution is 5.94. The summed E-state index contributed by atoms with van der Waals surface area (Å²) < 4.78 is 18.6. The molecule has 2 aromatic carbocycles. The fourth-order valence-corrected chi connectivity index (χ4v) is 3.35. The Hall–Kier alpha value is -4.07. The van der Waals surface area contributed by atoms with Crippen molar-refractivity contribution in [2.75, 3.05) is 13.2 Å². The molecule has 4 aromatic rings. The highest BCUT2D eigenvalue weighted by Gasteiger charge is 2.15. The van der Waals surface area contributed by atoms with Gasteiger partial charge >= 0.3 is 0 Å². The van der Waals surface area contributed by atoms with Crippen LogP contribution in [-0.4, -0.2) is 33.8 Å². The maximum Gasteiger partial charge on any atom is 0.251 e. The summed E-state index contributed by atoms with van der Waals surface area (Å²) in [5, 5.41) is 6.93. The predicted molar refractivity (Wildman–Crippen MR) is 112 cm³/mol. The Labute approximate surface area is 178 Å². The number of nitrogens with one attached hydrogen (secondary N) is 1. The highest BCUT2D eigenvalue weighted by atomic mass is 16.6. The first-order chi connectivity index (χ1) is 15.2. The van der Waals surface area contributed by atoms with Gasteiger partial charge in [0.2, 0.25) is 0 Å². The second-order valence-electron chi connectivity index (χ2n) is 7.16. The van der Waals surface area contributed by atoms with Gasteiger partial charge in [-0.05, 0) is 35.9 Å². The number of carbonyl (C=O) groups excluding carboxylic acids is 1. The summed E-state index contributed by atoms with van der Waals surface area (Å²) in [6.45, 7) is 2.05. The Balaban J connectivity index is 1.20. The lowest BCUT2D eigenvalue weighted by Gasteiger charge is -2.18. The van der Waals surface area contributed by atoms with Gasteiger partial charge in [0.1, 0.15) is 18.9 Å². The first-order valence-electron chi connectivity index (χ1n) is 9.93. The second kappa shape index (κ2) is 8.35. The molecule has 8 heteroatoms. The monoisotopic (exact) mass is 416 g/mol. The second-order valence-corrected chi connectivity index (χ2v) is 7.16. The van der Waals surface area contributed by atoms with Gasteiger partial charge in [0.05, 0.1) is 12.9 Å². The normalized spacial score (nSPS) is 12.5. The van der Waals surface area contributed by atoms with Gasteiger partial charge < -0.3 is 23.9 Å². The van der Waals surface area contributed by atoms with Crippen molar-refractivity contribution in [1.82, 2.24) is 20.0 Å². The van der Waals surface area contributed by atoms with E-state index in [4.69, 9.17) is 14.0 Å². The molecular weight excluding hydrogens is 396 g/mol. The Bertz CT molecular complexity index is 1180. The number of nitrogens with zero attached hydrogens (tertiary/aromatic N) is 3. The van der Waals surface area contributed by atoms with Gasteiger partial charge in [-0.15, -0.1) is 0 Å². The Kier molecular flexibility index (Phi) is 5.10. The Morgan fingerprint density at radius 2 is 1.87 bits per heavy atom. The third kappa shape index (κ3) is 4.28. The van der Waals surface area contributed by atoms with Crippen molar-refractivity contribution < 1.29 is 18.8 Å². The van der Waals surface area contributed by atoms with Crippen molar-refractivity contribution in [2.45, 2.75) is 13.1 Å². The van der Waals surface area contributed by atoms with Crippen molar-refractivity contribution >= 4 is 5.91 Å². The zero-order valence-electron chi connectivity index (χ0n) is 16.7. The average molecular weight is 416 g/mol. The maximum atomic E-state index is 12.5. The first-order valence-corrected chi connectivity index (χ1v) is 9.93. The summed E-state index contributed by atoms with van der Waals surface area (Å²) in [5.41, 5.74) is 3.15. The lowest BCUT2D eigenvalue weighted by atomic mass is 10.1. The smallest absolute Gasteiger partial charge is 0.251 e. The number of ether oxygens (including phenoxy) is 2. The van der Waals surface area contributed by atoms with Crippen LogP contribution in [0.4, 0.5) is 0 Å². The fourth-order valence-electron chi connectivity index (χ4n) is 3.35. The SMILES string of the molecule is O=C(NCc1cc(-c2ccc3c(c2)OCCO3)on1)c1ccc(Cn2ccnc2)cc1. The van der Waals surface area contributed by atoms with Crippen molar-refractivity contribution in [3.8, 4) is 22.8 Å². The third-order valence-corrected chi connectivity index (χ3v) is 4.96. The number of hydrogen-bond acceptors (Lipinski definition) is 6. The highest BCUT2D eigenvalue weighted by Crippen LogP contribution is 2.34. The maximum absolute atomic E-state index is 12.5. The molecular formula is C23H20N4O4. The van der Waals surface area contributed by atoms with Gasteiger partial charge in [0.15, 0.2) is 17.3 Å². The molecule has 0 bridgehead atoms. The van der Waals surface area contributed by atoms with E-state index in [1.807, 2.05) is 53.2 Å². The zero-order chi connectivity index (χ0) is 21.0. The molecule has 0 fully saturated rings. The van der Waals surface area contributed by atoms with Crippen LogP contribution in [0.15, 0.2) is 71.8 Å². The molecule has 0 radical (unpaired) electrons. The van der Waals surface area contributed by atoms with Crippen LogP contribution in [0.1, 0.15) is 21.6 Å². The van der Waals surface area contributed by atoms with Gasteiger partial charge in [-0.25, -0.2) is 4.98 Å². The number of hydrogen-bond donors (Lipinski definition) is 1. The molecule has 1 aliphatic heterocycles. The topological polar surface area (TPSA) is 91.4 Å². The number of rotatable bonds is 6. The molecule has 1 aliphatic rings. The van der Waals surface area contributed by atoms with E-state index in [0.29, 0.717) is 42.5 Å². The van der Waals surface area contributed by atoms with Gasteiger partial charge in [-0.3, -0.25) is 4.79 Å². The summed E-state index contributed by atoms with van der Waals surface area (Å²) in [6, 6.07) is 14.9. The van der Waals surface area contributed by atoms with Gasteiger partial charge in [-0.1, -0.05) is 17.3 Å². The van der Waals surface area contributed by atoms with Crippen LogP contribution in [0.2, 0.25) is 0 Å². The molecule has 8 nitrogen and oxygen atoms in total. The van der Waals surface area contributed by atoms with E-state index >= 15 is 0 Å². The largest absolute Gasteiger partial charge is 0.486 e. The number of fused-ring (bicyclic) bond motifs is 1. The molecule has 0 atom stereocenters. The van der Waals surface area contributed by atoms with Crippen LogP contribution in [0.3, 0.4) is 0 Å². The van der Waals surface area contributed by atoms with E-state index in [1.54, 1.807) is 18.6 Å². The van der Waals surface area contributed by atoms with E-state index in [9.17, 15) is 4.79 Å². The third-order valence-electron chi connectivity index (χ3n) is 4.96. The molecule has 0 aliphatic carbocycles. The molecule has 0 spiro atoms. The Morgan fingerprint density at radius 1 is 1.03 bits per heavy atom. The summed E-state index contributed by atoms with van der Waals surface area (Å²) in [6.07, 6.45) is 5.40. The van der Waals surface area contributed by atoms with Crippen LogP contribution in [0.25, 0.3) is 11.3 Å². The number of amides is 1. The average Bonchev–Trinajstić information content (AvgIpc) is 3.50. The molecule has 0 saturated carbocycles. The Morgan fingerprint density at radius 3 is 2.68 bits per heavy atom. The number of aromatic nitrogens is 3. The van der Waals surface area contributed by atoms with E-state index in [1.165, 1.54) is 0 Å². The predicted octanol–water partition coefficient (Wildman–Crippen LogP) is 3.29. The lowest BCUT2D eigenvalue weighted by Crippen LogP contribution is -2.22. The number of imidazole rings is 1. The fraction of sp³-hybridized carbons (Fsp3) is 0.174. The quantitative estimate of drug-likeness (QED) is 0.519. The van der Waals surface area contributed by atoms with Crippen LogP contribution in [0, 0.1) is 0 Å². The van der Waals surface area contributed by atoms with Crippen molar-refractivity contribution in [3.63, 3.8) is 0 Å². The van der Waals surface area contributed by atoms with Gasteiger partial charge in [0, 0.05) is 36.1 Å². The lowest BCUT2D eigenvalue weighted by molar-refractivity contribution is 0.0950. The van der Waals surface area contributed by atoms with E-state index in [2.05, 4.69) is 15.5 Å². The van der Waals surface area contributed by atoms with Crippen molar-refractivity contribution in [2.24, 2.45) is 0 Å². The molecule has 0 saturated heterocycles. The summed E-state index contributed by atoms with van der Waals surface area (Å²) in [4.78, 5) is 16.5. The molecule has 0 unspecified atom stereocenters. The molecule has 1 amide bonds. The van der Waals surface area contributed by atoms with E-state index in [0.717, 1.165) is 16.9 Å². The first kappa shape index (κ1) is 18.9. The van der Waals surface area contributed by atoms with Gasteiger partial charge in [0.25, 0.3) is 5.91 Å². The van der Waals surface area contributed by atoms with Crippen molar-refractivity contribution in [3.05, 3.63) is 84.1 Å².